The van der Waals surface area contributed by atoms with Crippen LogP contribution in [0, 0.1) is 0 Å². The number of hydrogen-bond acceptors (Lipinski definition) is 3. The van der Waals surface area contributed by atoms with Crippen molar-refractivity contribution in [3.05, 3.63) is 0 Å². The van der Waals surface area contributed by atoms with Crippen molar-refractivity contribution in [3.8, 4) is 0 Å². The third kappa shape index (κ3) is 7.27. The van der Waals surface area contributed by atoms with E-state index in [9.17, 15) is 9.59 Å². The van der Waals surface area contributed by atoms with Gasteiger partial charge in [0.25, 0.3) is 5.91 Å². The van der Waals surface area contributed by atoms with Crippen LogP contribution in [0.5, 0.6) is 0 Å². The molecule has 0 rings (SSSR count). The van der Waals surface area contributed by atoms with Gasteiger partial charge in [-0.15, -0.1) is 0 Å². The zero-order valence-corrected chi connectivity index (χ0v) is 8.37. The molecule has 76 valence electrons. The number of amides is 1. The average Bonchev–Trinajstić information content (AvgIpc) is 1.81. The molecular weight excluding hydrogens is 172 g/mol. The monoisotopic (exact) mass is 189 g/mol. The fourth-order valence-electron chi connectivity index (χ4n) is 0.937. The van der Waals surface area contributed by atoms with Crippen LogP contribution in [0.1, 0.15) is 6.92 Å². The lowest BCUT2D eigenvalue weighted by molar-refractivity contribution is -0.882. The number of carbonyl (C=O) groups excluding carboxylic acids is 2. The Morgan fingerprint density at radius 3 is 2.31 bits per heavy atom. The number of likely N-dealkylation sites (N-methyl/N-ethyl adjacent to an activating group) is 1. The Morgan fingerprint density at radius 2 is 1.92 bits per heavy atom. The molecular formula is C8H17N2O3+. The van der Waals surface area contributed by atoms with Gasteiger partial charge in [-0.1, -0.05) is 0 Å². The third-order valence-electron chi connectivity index (χ3n) is 1.59. The quantitative estimate of drug-likeness (QED) is 0.450. The highest BCUT2D eigenvalue weighted by atomic mass is 16.5. The standard InChI is InChI=1S/C8H16N2O3/c1-7(11)13-5-4-10(2,3)6-8(9)12/h4-6H2,1-3H3,(H-,9,12)/p+1. The molecule has 0 fully saturated rings. The second kappa shape index (κ2) is 4.81. The predicted molar refractivity (Wildman–Crippen MR) is 47.7 cm³/mol. The number of nitrogens with zero attached hydrogens (tertiary/aromatic N) is 1. The Bertz CT molecular complexity index is 202. The lowest BCUT2D eigenvalue weighted by atomic mass is 10.4. The Kier molecular flexibility index (Phi) is 4.40. The van der Waals surface area contributed by atoms with Gasteiger partial charge in [-0.3, -0.25) is 9.59 Å². The van der Waals surface area contributed by atoms with Gasteiger partial charge < -0.3 is 15.0 Å². The number of carbonyl (C=O) groups is 2. The zero-order chi connectivity index (χ0) is 10.5. The van der Waals surface area contributed by atoms with E-state index in [1.165, 1.54) is 6.92 Å². The van der Waals surface area contributed by atoms with Crippen LogP contribution in [0.2, 0.25) is 0 Å². The minimum absolute atomic E-state index is 0.251. The number of nitrogens with two attached hydrogens (primary N) is 1. The molecule has 0 aromatic rings. The molecule has 0 radical (unpaired) electrons. The summed E-state index contributed by atoms with van der Waals surface area (Å²) in [6.45, 7) is 2.51. The van der Waals surface area contributed by atoms with Crippen molar-refractivity contribution in [2.75, 3.05) is 33.8 Å². The Morgan fingerprint density at radius 1 is 1.38 bits per heavy atom. The molecule has 5 nitrogen and oxygen atoms in total. The van der Waals surface area contributed by atoms with E-state index in [2.05, 4.69) is 0 Å². The van der Waals surface area contributed by atoms with Crippen molar-refractivity contribution in [2.45, 2.75) is 6.92 Å². The first-order chi connectivity index (χ1) is 5.83. The van der Waals surface area contributed by atoms with Gasteiger partial charge in [0.1, 0.15) is 13.2 Å². The van der Waals surface area contributed by atoms with E-state index in [1.54, 1.807) is 0 Å². The summed E-state index contributed by atoms with van der Waals surface area (Å²) in [7, 11) is 3.71. The molecule has 13 heavy (non-hydrogen) atoms. The van der Waals surface area contributed by atoms with Gasteiger partial charge >= 0.3 is 5.97 Å². The molecule has 0 aliphatic carbocycles. The number of primary amides is 1. The third-order valence-corrected chi connectivity index (χ3v) is 1.59. The first-order valence-corrected chi connectivity index (χ1v) is 4.07. The molecule has 0 aromatic heterocycles. The van der Waals surface area contributed by atoms with E-state index in [0.717, 1.165) is 0 Å². The molecule has 2 N–H and O–H groups in total. The van der Waals surface area contributed by atoms with E-state index in [4.69, 9.17) is 10.5 Å². The highest BCUT2D eigenvalue weighted by molar-refractivity contribution is 5.74. The molecule has 5 heteroatoms. The summed E-state index contributed by atoms with van der Waals surface area (Å²) in [6, 6.07) is 0. The minimum atomic E-state index is -0.354. The van der Waals surface area contributed by atoms with Crippen LogP contribution < -0.4 is 5.73 Å². The Labute approximate surface area is 78.0 Å². The van der Waals surface area contributed by atoms with Crippen molar-refractivity contribution in [1.82, 2.24) is 0 Å². The highest BCUT2D eigenvalue weighted by Gasteiger charge is 2.17. The molecule has 0 heterocycles. The van der Waals surface area contributed by atoms with E-state index >= 15 is 0 Å². The summed E-state index contributed by atoms with van der Waals surface area (Å²) in [5, 5.41) is 0. The minimum Gasteiger partial charge on any atom is -0.460 e. The summed E-state index contributed by atoms with van der Waals surface area (Å²) >= 11 is 0. The first kappa shape index (κ1) is 11.9. The molecule has 1 amide bonds. The molecule has 0 aliphatic heterocycles. The summed E-state index contributed by atoms with van der Waals surface area (Å²) in [6.07, 6.45) is 0. The van der Waals surface area contributed by atoms with Crippen molar-refractivity contribution in [1.29, 1.82) is 0 Å². The van der Waals surface area contributed by atoms with Crippen LogP contribution in [0.15, 0.2) is 0 Å². The van der Waals surface area contributed by atoms with Crippen molar-refractivity contribution in [3.63, 3.8) is 0 Å². The SMILES string of the molecule is CC(=O)OCC[N+](C)(C)CC(N)=O. The summed E-state index contributed by atoms with van der Waals surface area (Å²) in [5.74, 6) is -0.660. The fraction of sp³-hybridized carbons (Fsp3) is 0.750. The molecule has 0 saturated heterocycles. The Balaban J connectivity index is 3.75. The second-order valence-corrected chi connectivity index (χ2v) is 3.62. The molecule has 0 saturated carbocycles. The summed E-state index contributed by atoms with van der Waals surface area (Å²) < 4.78 is 5.19. The van der Waals surface area contributed by atoms with Crippen molar-refractivity contribution < 1.29 is 18.8 Å². The van der Waals surface area contributed by atoms with Crippen molar-refractivity contribution in [2.24, 2.45) is 5.73 Å². The van der Waals surface area contributed by atoms with Crippen LogP contribution in [0.25, 0.3) is 0 Å². The fourth-order valence-corrected chi connectivity index (χ4v) is 0.937. The van der Waals surface area contributed by atoms with Crippen LogP contribution in [-0.2, 0) is 14.3 Å². The van der Waals surface area contributed by atoms with E-state index < -0.39 is 0 Å². The van der Waals surface area contributed by atoms with Gasteiger partial charge in [0.15, 0.2) is 6.54 Å². The summed E-state index contributed by atoms with van der Waals surface area (Å²) in [5.41, 5.74) is 5.05. The van der Waals surface area contributed by atoms with Gasteiger partial charge in [-0.05, 0) is 0 Å². The molecule has 0 aliphatic rings. The number of quaternary nitrogens is 1. The van der Waals surface area contributed by atoms with Crippen LogP contribution in [0.3, 0.4) is 0 Å². The van der Waals surface area contributed by atoms with Gasteiger partial charge in [0.05, 0.1) is 14.1 Å². The molecule has 0 unspecified atom stereocenters. The van der Waals surface area contributed by atoms with Gasteiger partial charge in [0, 0.05) is 6.92 Å². The lowest BCUT2D eigenvalue weighted by Gasteiger charge is -2.27. The van der Waals surface area contributed by atoms with Crippen LogP contribution in [0.4, 0.5) is 0 Å². The summed E-state index contributed by atoms with van der Waals surface area (Å²) in [4.78, 5) is 21.0. The number of ether oxygens (including phenoxy) is 1. The number of hydrogen-bond donors (Lipinski definition) is 1. The molecule has 0 bridgehead atoms. The van der Waals surface area contributed by atoms with E-state index in [-0.39, 0.29) is 18.4 Å². The van der Waals surface area contributed by atoms with Gasteiger partial charge in [0.2, 0.25) is 0 Å². The van der Waals surface area contributed by atoms with Crippen LogP contribution in [-0.4, -0.2) is 50.2 Å². The van der Waals surface area contributed by atoms with Gasteiger partial charge in [-0.25, -0.2) is 0 Å². The maximum absolute atomic E-state index is 10.6. The smallest absolute Gasteiger partial charge is 0.302 e. The molecule has 0 aromatic carbocycles. The average molecular weight is 189 g/mol. The predicted octanol–water partition coefficient (Wildman–Crippen LogP) is -0.889. The normalized spacial score (nSPS) is 11.0. The van der Waals surface area contributed by atoms with E-state index in [0.29, 0.717) is 17.6 Å². The number of rotatable bonds is 5. The molecule has 0 spiro atoms. The van der Waals surface area contributed by atoms with Crippen LogP contribution >= 0.6 is 0 Å². The molecule has 0 atom stereocenters. The highest BCUT2D eigenvalue weighted by Crippen LogP contribution is 1.95. The zero-order valence-electron chi connectivity index (χ0n) is 8.37. The largest absolute Gasteiger partial charge is 0.460 e. The maximum atomic E-state index is 10.6. The van der Waals surface area contributed by atoms with E-state index in [1.807, 2.05) is 14.1 Å². The number of esters is 1. The maximum Gasteiger partial charge on any atom is 0.302 e. The van der Waals surface area contributed by atoms with Gasteiger partial charge in [-0.2, -0.15) is 0 Å². The van der Waals surface area contributed by atoms with Crippen molar-refractivity contribution >= 4 is 11.9 Å². The topological polar surface area (TPSA) is 69.4 Å². The second-order valence-electron chi connectivity index (χ2n) is 3.62. The Hall–Kier alpha value is -1.10. The first-order valence-electron chi connectivity index (χ1n) is 4.07. The lowest BCUT2D eigenvalue weighted by Crippen LogP contribution is -2.48.